The molecule has 0 heterocycles. The van der Waals surface area contributed by atoms with Crippen LogP contribution in [0.2, 0.25) is 0 Å². The van der Waals surface area contributed by atoms with Gasteiger partial charge in [-0.15, -0.1) is 0 Å². The molecule has 0 aromatic heterocycles. The topological polar surface area (TPSA) is 21.3 Å². The van der Waals surface area contributed by atoms with Gasteiger partial charge in [0.25, 0.3) is 0 Å². The first-order valence-corrected chi connectivity index (χ1v) is 6.45. The maximum absolute atomic E-state index is 13.7. The summed E-state index contributed by atoms with van der Waals surface area (Å²) >= 11 is 0. The van der Waals surface area contributed by atoms with Gasteiger partial charge in [0, 0.05) is 24.8 Å². The van der Waals surface area contributed by atoms with Gasteiger partial charge in [-0.2, -0.15) is 0 Å². The quantitative estimate of drug-likeness (QED) is 0.720. The lowest BCUT2D eigenvalue weighted by Crippen LogP contribution is -2.23. The molecule has 1 aromatic rings. The van der Waals surface area contributed by atoms with Crippen molar-refractivity contribution < 1.29 is 13.5 Å². The largest absolute Gasteiger partial charge is 0.381 e. The van der Waals surface area contributed by atoms with E-state index in [-0.39, 0.29) is 6.04 Å². The second-order valence-corrected chi connectivity index (χ2v) is 4.15. The van der Waals surface area contributed by atoms with Gasteiger partial charge < -0.3 is 10.1 Å². The van der Waals surface area contributed by atoms with E-state index in [1.165, 1.54) is 6.07 Å². The Morgan fingerprint density at radius 2 is 2.00 bits per heavy atom. The zero-order valence-corrected chi connectivity index (χ0v) is 11.0. The molecule has 0 fully saturated rings. The molecule has 102 valence electrons. The third-order valence-electron chi connectivity index (χ3n) is 2.71. The summed E-state index contributed by atoms with van der Waals surface area (Å²) in [7, 11) is 0. The normalized spacial score (nSPS) is 12.7. The number of hydrogen-bond donors (Lipinski definition) is 1. The van der Waals surface area contributed by atoms with Crippen LogP contribution in [-0.4, -0.2) is 19.8 Å². The molecule has 0 saturated carbocycles. The van der Waals surface area contributed by atoms with Crippen molar-refractivity contribution in [1.82, 2.24) is 5.32 Å². The Morgan fingerprint density at radius 3 is 2.67 bits per heavy atom. The van der Waals surface area contributed by atoms with Gasteiger partial charge in [0.2, 0.25) is 0 Å². The first-order valence-electron chi connectivity index (χ1n) is 6.45. The van der Waals surface area contributed by atoms with Crippen LogP contribution in [0.3, 0.4) is 0 Å². The number of rotatable bonds is 8. The summed E-state index contributed by atoms with van der Waals surface area (Å²) < 4.78 is 32.3. The summed E-state index contributed by atoms with van der Waals surface area (Å²) in [5.74, 6) is -1.57. The molecule has 1 atom stereocenters. The maximum Gasteiger partial charge on any atom is 0.163 e. The first kappa shape index (κ1) is 15.1. The predicted octanol–water partition coefficient (Wildman–Crippen LogP) is 3.43. The molecule has 0 saturated heterocycles. The molecule has 0 aliphatic carbocycles. The molecule has 1 unspecified atom stereocenters. The van der Waals surface area contributed by atoms with Crippen LogP contribution in [0, 0.1) is 11.6 Å². The van der Waals surface area contributed by atoms with E-state index in [9.17, 15) is 8.78 Å². The van der Waals surface area contributed by atoms with E-state index in [0.29, 0.717) is 31.7 Å². The zero-order valence-electron chi connectivity index (χ0n) is 11.0. The second-order valence-electron chi connectivity index (χ2n) is 4.15. The third kappa shape index (κ3) is 4.35. The number of benzene rings is 1. The van der Waals surface area contributed by atoms with Gasteiger partial charge in [0.1, 0.15) is 0 Å². The molecule has 18 heavy (non-hydrogen) atoms. The van der Waals surface area contributed by atoms with Crippen LogP contribution in [0.4, 0.5) is 8.78 Å². The summed E-state index contributed by atoms with van der Waals surface area (Å²) in [6.07, 6.45) is 1.59. The van der Waals surface area contributed by atoms with E-state index in [0.717, 1.165) is 12.5 Å². The second kappa shape index (κ2) is 8.16. The fourth-order valence-electron chi connectivity index (χ4n) is 1.85. The molecule has 1 N–H and O–H groups in total. The smallest absolute Gasteiger partial charge is 0.163 e. The molecule has 0 aliphatic heterocycles. The van der Waals surface area contributed by atoms with Crippen molar-refractivity contribution in [3.05, 3.63) is 35.4 Å². The predicted molar refractivity (Wildman–Crippen MR) is 68.5 cm³/mol. The number of hydrogen-bond acceptors (Lipinski definition) is 2. The minimum atomic E-state index is -0.801. The first-order chi connectivity index (χ1) is 8.70. The summed E-state index contributed by atoms with van der Waals surface area (Å²) in [5, 5.41) is 3.16. The van der Waals surface area contributed by atoms with Crippen molar-refractivity contribution in [3.8, 4) is 0 Å². The lowest BCUT2D eigenvalue weighted by molar-refractivity contribution is 0.124. The van der Waals surface area contributed by atoms with Crippen molar-refractivity contribution in [1.29, 1.82) is 0 Å². The van der Waals surface area contributed by atoms with Gasteiger partial charge in [-0.05, 0) is 25.5 Å². The van der Waals surface area contributed by atoms with E-state index < -0.39 is 11.6 Å². The van der Waals surface area contributed by atoms with Crippen LogP contribution in [0.25, 0.3) is 0 Å². The summed E-state index contributed by atoms with van der Waals surface area (Å²) in [6, 6.07) is 4.08. The molecular weight excluding hydrogens is 236 g/mol. The Labute approximate surface area is 107 Å². The van der Waals surface area contributed by atoms with Gasteiger partial charge in [-0.25, -0.2) is 8.78 Å². The molecule has 1 rings (SSSR count). The van der Waals surface area contributed by atoms with Crippen molar-refractivity contribution in [2.45, 2.75) is 32.7 Å². The molecular formula is C14H21F2NO. The molecule has 2 nitrogen and oxygen atoms in total. The molecule has 0 radical (unpaired) electrons. The minimum absolute atomic E-state index is 0.206. The molecule has 0 bridgehead atoms. The third-order valence-corrected chi connectivity index (χ3v) is 2.71. The van der Waals surface area contributed by atoms with Crippen LogP contribution >= 0.6 is 0 Å². The SMILES string of the molecule is CCCOCCC(NCC)c1cccc(F)c1F. The average molecular weight is 257 g/mol. The number of nitrogens with one attached hydrogen (secondary N) is 1. The van der Waals surface area contributed by atoms with Crippen LogP contribution < -0.4 is 5.32 Å². The van der Waals surface area contributed by atoms with Gasteiger partial charge in [0.15, 0.2) is 11.6 Å². The molecule has 4 heteroatoms. The summed E-state index contributed by atoms with van der Waals surface area (Å²) in [6.45, 7) is 5.92. The highest BCUT2D eigenvalue weighted by molar-refractivity contribution is 5.22. The van der Waals surface area contributed by atoms with Crippen molar-refractivity contribution in [2.75, 3.05) is 19.8 Å². The van der Waals surface area contributed by atoms with Gasteiger partial charge in [-0.1, -0.05) is 26.0 Å². The van der Waals surface area contributed by atoms with Crippen molar-refractivity contribution >= 4 is 0 Å². The van der Waals surface area contributed by atoms with Crippen LogP contribution in [0.15, 0.2) is 18.2 Å². The highest BCUT2D eigenvalue weighted by atomic mass is 19.2. The van der Waals surface area contributed by atoms with E-state index in [2.05, 4.69) is 5.32 Å². The van der Waals surface area contributed by atoms with Crippen LogP contribution in [-0.2, 0) is 4.74 Å². The summed E-state index contributed by atoms with van der Waals surface area (Å²) in [5.41, 5.74) is 0.372. The molecule has 1 aromatic carbocycles. The highest BCUT2D eigenvalue weighted by Crippen LogP contribution is 2.22. The number of ether oxygens (including phenoxy) is 1. The van der Waals surface area contributed by atoms with Crippen LogP contribution in [0.5, 0.6) is 0 Å². The Kier molecular flexibility index (Phi) is 6.83. The molecule has 0 spiro atoms. The Hall–Kier alpha value is -1.00. The fraction of sp³-hybridized carbons (Fsp3) is 0.571. The highest BCUT2D eigenvalue weighted by Gasteiger charge is 2.17. The minimum Gasteiger partial charge on any atom is -0.381 e. The van der Waals surface area contributed by atoms with E-state index >= 15 is 0 Å². The van der Waals surface area contributed by atoms with Gasteiger partial charge in [0.05, 0.1) is 0 Å². The van der Waals surface area contributed by atoms with E-state index in [1.54, 1.807) is 6.07 Å². The van der Waals surface area contributed by atoms with Gasteiger partial charge >= 0.3 is 0 Å². The van der Waals surface area contributed by atoms with Crippen molar-refractivity contribution in [2.24, 2.45) is 0 Å². The monoisotopic (exact) mass is 257 g/mol. The lowest BCUT2D eigenvalue weighted by atomic mass is 10.0. The standard InChI is InChI=1S/C14H21F2NO/c1-3-9-18-10-8-13(17-4-2)11-6-5-7-12(15)14(11)16/h5-7,13,17H,3-4,8-10H2,1-2H3. The lowest BCUT2D eigenvalue weighted by Gasteiger charge is -2.19. The molecule has 0 aliphatic rings. The van der Waals surface area contributed by atoms with Crippen molar-refractivity contribution in [3.63, 3.8) is 0 Å². The van der Waals surface area contributed by atoms with Crippen LogP contribution in [0.1, 0.15) is 38.3 Å². The fourth-order valence-corrected chi connectivity index (χ4v) is 1.85. The Bertz CT molecular complexity index is 358. The Morgan fingerprint density at radius 1 is 1.22 bits per heavy atom. The average Bonchev–Trinajstić information content (AvgIpc) is 2.37. The maximum atomic E-state index is 13.7. The van der Waals surface area contributed by atoms with E-state index in [4.69, 9.17) is 4.74 Å². The molecule has 0 amide bonds. The summed E-state index contributed by atoms with van der Waals surface area (Å²) in [4.78, 5) is 0. The zero-order chi connectivity index (χ0) is 13.4. The Balaban J connectivity index is 2.68. The number of halogens is 2. The van der Waals surface area contributed by atoms with E-state index in [1.807, 2.05) is 13.8 Å². The van der Waals surface area contributed by atoms with Gasteiger partial charge in [-0.3, -0.25) is 0 Å².